The Kier molecular flexibility index (Phi) is 4.92. The number of barbiturate groups is 1. The van der Waals surface area contributed by atoms with Crippen molar-refractivity contribution in [3.05, 3.63) is 93.8 Å². The number of urea groups is 1. The van der Waals surface area contributed by atoms with Gasteiger partial charge in [0.2, 0.25) is 0 Å². The van der Waals surface area contributed by atoms with Gasteiger partial charge < -0.3 is 4.57 Å². The molecule has 1 saturated heterocycles. The third kappa shape index (κ3) is 3.71. The monoisotopic (exact) mass is 416 g/mol. The van der Waals surface area contributed by atoms with Gasteiger partial charge in [-0.3, -0.25) is 25.0 Å². The van der Waals surface area contributed by atoms with E-state index in [1.54, 1.807) is 53.2 Å². The van der Waals surface area contributed by atoms with E-state index in [4.69, 9.17) is 0 Å². The van der Waals surface area contributed by atoms with Crippen LogP contribution in [0, 0.1) is 17.0 Å². The molecule has 2 aromatic carbocycles. The van der Waals surface area contributed by atoms with Crippen LogP contribution in [0.5, 0.6) is 0 Å². The SMILES string of the molecule is Cc1cccc(N2C(=O)NC(=O)/C(=C\c3cccn3-c3cccc([N+](=O)[O-])c3)C2=O)c1. The molecule has 4 rings (SSSR count). The maximum Gasteiger partial charge on any atom is 0.335 e. The van der Waals surface area contributed by atoms with Crippen molar-refractivity contribution in [2.45, 2.75) is 6.92 Å². The fraction of sp³-hybridized carbons (Fsp3) is 0.0455. The summed E-state index contributed by atoms with van der Waals surface area (Å²) >= 11 is 0. The van der Waals surface area contributed by atoms with Gasteiger partial charge in [-0.05, 0) is 48.9 Å². The molecule has 3 aromatic rings. The lowest BCUT2D eigenvalue weighted by Gasteiger charge is -2.26. The summed E-state index contributed by atoms with van der Waals surface area (Å²) < 4.78 is 1.61. The van der Waals surface area contributed by atoms with Crippen molar-refractivity contribution < 1.29 is 19.3 Å². The maximum atomic E-state index is 13.1. The number of carbonyl (C=O) groups is 3. The molecule has 31 heavy (non-hydrogen) atoms. The maximum absolute atomic E-state index is 13.1. The summed E-state index contributed by atoms with van der Waals surface area (Å²) in [6.45, 7) is 1.82. The number of anilines is 1. The first-order valence-corrected chi connectivity index (χ1v) is 9.25. The highest BCUT2D eigenvalue weighted by molar-refractivity contribution is 6.39. The standard InChI is InChI=1S/C22H16N4O5/c1-14-5-2-7-17(11-14)25-21(28)19(20(27)23-22(25)29)13-16-9-4-10-24(16)15-6-3-8-18(12-15)26(30)31/h2-13H,1H3,(H,23,27,29)/b19-13+. The highest BCUT2D eigenvalue weighted by Crippen LogP contribution is 2.24. The van der Waals surface area contributed by atoms with Gasteiger partial charge in [0, 0.05) is 24.0 Å². The van der Waals surface area contributed by atoms with E-state index >= 15 is 0 Å². The van der Waals surface area contributed by atoms with Gasteiger partial charge in [-0.15, -0.1) is 0 Å². The van der Waals surface area contributed by atoms with Crippen molar-refractivity contribution in [2.24, 2.45) is 0 Å². The van der Waals surface area contributed by atoms with E-state index in [0.717, 1.165) is 10.5 Å². The molecule has 1 aliphatic rings. The molecule has 154 valence electrons. The topological polar surface area (TPSA) is 115 Å². The Balaban J connectivity index is 1.75. The van der Waals surface area contributed by atoms with E-state index in [-0.39, 0.29) is 11.3 Å². The first-order valence-electron chi connectivity index (χ1n) is 9.25. The Labute approximate surface area is 176 Å². The quantitative estimate of drug-likeness (QED) is 0.303. The number of aryl methyl sites for hydroxylation is 1. The lowest BCUT2D eigenvalue weighted by molar-refractivity contribution is -0.384. The summed E-state index contributed by atoms with van der Waals surface area (Å²) in [6, 6.07) is 15.3. The van der Waals surface area contributed by atoms with Crippen LogP contribution in [0.2, 0.25) is 0 Å². The molecule has 0 radical (unpaired) electrons. The summed E-state index contributed by atoms with van der Waals surface area (Å²) in [5.41, 5.74) is 1.80. The van der Waals surface area contributed by atoms with E-state index in [9.17, 15) is 24.5 Å². The summed E-state index contributed by atoms with van der Waals surface area (Å²) in [7, 11) is 0. The van der Waals surface area contributed by atoms with Gasteiger partial charge >= 0.3 is 6.03 Å². The number of aromatic nitrogens is 1. The van der Waals surface area contributed by atoms with Crippen LogP contribution >= 0.6 is 0 Å². The first kappa shape index (κ1) is 19.8. The zero-order valence-corrected chi connectivity index (χ0v) is 16.3. The number of nitrogens with one attached hydrogen (secondary N) is 1. The van der Waals surface area contributed by atoms with Crippen LogP contribution in [0.3, 0.4) is 0 Å². The number of amides is 4. The Bertz CT molecular complexity index is 1270. The smallest absolute Gasteiger partial charge is 0.317 e. The molecule has 4 amide bonds. The van der Waals surface area contributed by atoms with Gasteiger partial charge in [0.1, 0.15) is 5.57 Å². The highest BCUT2D eigenvalue weighted by atomic mass is 16.6. The highest BCUT2D eigenvalue weighted by Gasteiger charge is 2.37. The Hall–Kier alpha value is -4.53. The van der Waals surface area contributed by atoms with Crippen LogP contribution in [0.1, 0.15) is 11.3 Å². The second kappa shape index (κ2) is 7.71. The molecule has 0 atom stereocenters. The molecule has 1 aliphatic heterocycles. The first-order chi connectivity index (χ1) is 14.8. The molecule has 0 saturated carbocycles. The van der Waals surface area contributed by atoms with E-state index in [2.05, 4.69) is 5.32 Å². The summed E-state index contributed by atoms with van der Waals surface area (Å²) in [4.78, 5) is 49.3. The van der Waals surface area contributed by atoms with Crippen molar-refractivity contribution in [1.82, 2.24) is 9.88 Å². The van der Waals surface area contributed by atoms with Gasteiger partial charge in [-0.1, -0.05) is 18.2 Å². The van der Waals surface area contributed by atoms with E-state index < -0.39 is 22.8 Å². The summed E-state index contributed by atoms with van der Waals surface area (Å²) in [5.74, 6) is -1.57. The molecule has 0 bridgehead atoms. The second-order valence-electron chi connectivity index (χ2n) is 6.88. The number of hydrogen-bond donors (Lipinski definition) is 1. The number of benzene rings is 2. The van der Waals surface area contributed by atoms with Crippen LogP contribution < -0.4 is 10.2 Å². The van der Waals surface area contributed by atoms with Gasteiger partial charge in [-0.25, -0.2) is 9.69 Å². The van der Waals surface area contributed by atoms with Crippen molar-refractivity contribution >= 4 is 35.3 Å². The zero-order valence-electron chi connectivity index (χ0n) is 16.3. The molecule has 0 spiro atoms. The Morgan fingerprint density at radius 2 is 1.71 bits per heavy atom. The van der Waals surface area contributed by atoms with E-state index in [1.807, 2.05) is 13.0 Å². The summed E-state index contributed by atoms with van der Waals surface area (Å²) in [6.07, 6.45) is 3.01. The molecular formula is C22H16N4O5. The summed E-state index contributed by atoms with van der Waals surface area (Å²) in [5, 5.41) is 13.3. The molecule has 1 fully saturated rings. The fourth-order valence-corrected chi connectivity index (χ4v) is 3.31. The van der Waals surface area contributed by atoms with Crippen molar-refractivity contribution in [3.8, 4) is 5.69 Å². The number of carbonyl (C=O) groups excluding carboxylic acids is 3. The van der Waals surface area contributed by atoms with Crippen LogP contribution in [-0.4, -0.2) is 27.3 Å². The van der Waals surface area contributed by atoms with Crippen LogP contribution in [0.15, 0.2) is 72.4 Å². The molecule has 9 nitrogen and oxygen atoms in total. The van der Waals surface area contributed by atoms with Gasteiger partial charge in [0.05, 0.1) is 16.3 Å². The number of nitro benzene ring substituents is 1. The molecule has 0 aliphatic carbocycles. The minimum atomic E-state index is -0.827. The number of hydrogen-bond acceptors (Lipinski definition) is 5. The molecule has 1 aromatic heterocycles. The largest absolute Gasteiger partial charge is 0.335 e. The van der Waals surface area contributed by atoms with Crippen LogP contribution in [0.25, 0.3) is 11.8 Å². The fourth-order valence-electron chi connectivity index (χ4n) is 3.31. The number of imide groups is 2. The number of nitro groups is 1. The van der Waals surface area contributed by atoms with Crippen molar-refractivity contribution in [3.63, 3.8) is 0 Å². The second-order valence-corrected chi connectivity index (χ2v) is 6.88. The zero-order chi connectivity index (χ0) is 22.1. The third-order valence-corrected chi connectivity index (χ3v) is 4.75. The Morgan fingerprint density at radius 1 is 0.968 bits per heavy atom. The number of nitrogens with zero attached hydrogens (tertiary/aromatic N) is 3. The lowest BCUT2D eigenvalue weighted by atomic mass is 10.1. The predicted molar refractivity (Wildman–Crippen MR) is 113 cm³/mol. The third-order valence-electron chi connectivity index (χ3n) is 4.75. The average molecular weight is 416 g/mol. The molecule has 9 heteroatoms. The van der Waals surface area contributed by atoms with Gasteiger partial charge in [-0.2, -0.15) is 0 Å². The van der Waals surface area contributed by atoms with Gasteiger partial charge in [0.15, 0.2) is 0 Å². The molecular weight excluding hydrogens is 400 g/mol. The van der Waals surface area contributed by atoms with Crippen molar-refractivity contribution in [1.29, 1.82) is 0 Å². The normalized spacial score (nSPS) is 15.3. The van der Waals surface area contributed by atoms with Crippen LogP contribution in [-0.2, 0) is 9.59 Å². The molecule has 2 heterocycles. The minimum absolute atomic E-state index is 0.0903. The Morgan fingerprint density at radius 3 is 2.45 bits per heavy atom. The van der Waals surface area contributed by atoms with E-state index in [0.29, 0.717) is 17.1 Å². The number of non-ortho nitro benzene ring substituents is 1. The minimum Gasteiger partial charge on any atom is -0.317 e. The number of rotatable bonds is 4. The molecule has 1 N–H and O–H groups in total. The predicted octanol–water partition coefficient (Wildman–Crippen LogP) is 3.36. The molecule has 0 unspecified atom stereocenters. The average Bonchev–Trinajstić information content (AvgIpc) is 3.19. The van der Waals surface area contributed by atoms with Crippen molar-refractivity contribution in [2.75, 3.05) is 4.90 Å². The van der Waals surface area contributed by atoms with Gasteiger partial charge in [0.25, 0.3) is 17.5 Å². The van der Waals surface area contributed by atoms with E-state index in [1.165, 1.54) is 18.2 Å². The lowest BCUT2D eigenvalue weighted by Crippen LogP contribution is -2.54. The van der Waals surface area contributed by atoms with Crippen LogP contribution in [0.4, 0.5) is 16.2 Å².